The number of fused-ring (bicyclic) bond motifs is 1. The van der Waals surface area contributed by atoms with Crippen LogP contribution in [0.3, 0.4) is 0 Å². The molecular formula is C14H22N2. The highest BCUT2D eigenvalue weighted by molar-refractivity contribution is 5.54. The molecule has 0 radical (unpaired) electrons. The van der Waals surface area contributed by atoms with Crippen LogP contribution in [0.5, 0.6) is 0 Å². The molecule has 0 fully saturated rings. The van der Waals surface area contributed by atoms with Crippen LogP contribution in [0.4, 0.5) is 5.69 Å². The number of hydrogen-bond donors (Lipinski definition) is 1. The molecule has 1 N–H and O–H groups in total. The maximum Gasteiger partial charge on any atom is 0.0412 e. The monoisotopic (exact) mass is 218 g/mol. The van der Waals surface area contributed by atoms with Crippen molar-refractivity contribution in [3.63, 3.8) is 0 Å². The number of nitrogens with one attached hydrogen (secondary N) is 1. The average Bonchev–Trinajstić information content (AvgIpc) is 2.50. The third-order valence-corrected chi connectivity index (χ3v) is 3.34. The Labute approximate surface area is 98.7 Å². The number of benzene rings is 1. The van der Waals surface area contributed by atoms with Crippen LogP contribution >= 0.6 is 0 Å². The van der Waals surface area contributed by atoms with Crippen LogP contribution in [0, 0.1) is 0 Å². The van der Waals surface area contributed by atoms with Gasteiger partial charge in [0.1, 0.15) is 0 Å². The lowest BCUT2D eigenvalue weighted by Crippen LogP contribution is -2.38. The van der Waals surface area contributed by atoms with Gasteiger partial charge in [0.05, 0.1) is 0 Å². The molecular weight excluding hydrogens is 196 g/mol. The van der Waals surface area contributed by atoms with E-state index in [4.69, 9.17) is 0 Å². The fourth-order valence-corrected chi connectivity index (χ4v) is 2.41. The SMILES string of the molecule is CCCN1CC(CC)NCc2ccccc21. The van der Waals surface area contributed by atoms with Crippen LogP contribution in [-0.2, 0) is 6.54 Å². The number of nitrogens with zero attached hydrogens (tertiary/aromatic N) is 1. The first-order valence-corrected chi connectivity index (χ1v) is 6.41. The van der Waals surface area contributed by atoms with Crippen LogP contribution in [0.2, 0.25) is 0 Å². The summed E-state index contributed by atoms with van der Waals surface area (Å²) in [7, 11) is 0. The molecule has 0 aromatic heterocycles. The smallest absolute Gasteiger partial charge is 0.0412 e. The summed E-state index contributed by atoms with van der Waals surface area (Å²) >= 11 is 0. The van der Waals surface area contributed by atoms with Gasteiger partial charge in [-0.2, -0.15) is 0 Å². The van der Waals surface area contributed by atoms with Gasteiger partial charge in [-0.25, -0.2) is 0 Å². The first kappa shape index (κ1) is 11.5. The quantitative estimate of drug-likeness (QED) is 0.839. The van der Waals surface area contributed by atoms with Crippen molar-refractivity contribution in [1.29, 1.82) is 0 Å². The molecule has 2 heteroatoms. The molecule has 1 aromatic rings. The normalized spacial score (nSPS) is 20.4. The van der Waals surface area contributed by atoms with Gasteiger partial charge in [0.25, 0.3) is 0 Å². The second-order valence-corrected chi connectivity index (χ2v) is 4.56. The lowest BCUT2D eigenvalue weighted by atomic mass is 10.1. The van der Waals surface area contributed by atoms with E-state index in [-0.39, 0.29) is 0 Å². The Kier molecular flexibility index (Phi) is 3.83. The highest BCUT2D eigenvalue weighted by Crippen LogP contribution is 2.23. The molecule has 1 unspecified atom stereocenters. The third-order valence-electron chi connectivity index (χ3n) is 3.34. The Hall–Kier alpha value is -1.02. The summed E-state index contributed by atoms with van der Waals surface area (Å²) < 4.78 is 0. The highest BCUT2D eigenvalue weighted by atomic mass is 15.2. The van der Waals surface area contributed by atoms with Crippen LogP contribution in [0.1, 0.15) is 32.3 Å². The minimum Gasteiger partial charge on any atom is -0.370 e. The minimum absolute atomic E-state index is 0.624. The number of para-hydroxylation sites is 1. The molecule has 0 spiro atoms. The molecule has 1 aliphatic heterocycles. The van der Waals surface area contributed by atoms with Gasteiger partial charge in [-0.15, -0.1) is 0 Å². The largest absolute Gasteiger partial charge is 0.370 e. The topological polar surface area (TPSA) is 15.3 Å². The van der Waals surface area contributed by atoms with Crippen LogP contribution in [0.15, 0.2) is 24.3 Å². The second-order valence-electron chi connectivity index (χ2n) is 4.56. The standard InChI is InChI=1S/C14H22N2/c1-3-9-16-11-13(4-2)15-10-12-7-5-6-8-14(12)16/h5-8,13,15H,3-4,9-11H2,1-2H3. The predicted octanol–water partition coefficient (Wildman–Crippen LogP) is 2.78. The molecule has 0 bridgehead atoms. The highest BCUT2D eigenvalue weighted by Gasteiger charge is 2.18. The summed E-state index contributed by atoms with van der Waals surface area (Å²) in [6.07, 6.45) is 2.42. The summed E-state index contributed by atoms with van der Waals surface area (Å²) in [4.78, 5) is 2.53. The molecule has 2 nitrogen and oxygen atoms in total. The molecule has 0 amide bonds. The van der Waals surface area contributed by atoms with E-state index in [2.05, 4.69) is 48.3 Å². The van der Waals surface area contributed by atoms with E-state index < -0.39 is 0 Å². The summed E-state index contributed by atoms with van der Waals surface area (Å²) in [5.41, 5.74) is 2.86. The molecule has 0 aliphatic carbocycles. The zero-order valence-corrected chi connectivity index (χ0v) is 10.4. The van der Waals surface area contributed by atoms with Crippen molar-refractivity contribution in [3.05, 3.63) is 29.8 Å². The van der Waals surface area contributed by atoms with E-state index in [9.17, 15) is 0 Å². The van der Waals surface area contributed by atoms with Gasteiger partial charge in [-0.05, 0) is 24.5 Å². The van der Waals surface area contributed by atoms with Crippen molar-refractivity contribution in [2.75, 3.05) is 18.0 Å². The molecule has 0 saturated heterocycles. The fraction of sp³-hybridized carbons (Fsp3) is 0.571. The summed E-state index contributed by atoms with van der Waals surface area (Å²) in [6, 6.07) is 9.40. The van der Waals surface area contributed by atoms with E-state index >= 15 is 0 Å². The molecule has 1 aromatic carbocycles. The van der Waals surface area contributed by atoms with Gasteiger partial charge in [0, 0.05) is 31.4 Å². The molecule has 1 heterocycles. The molecule has 16 heavy (non-hydrogen) atoms. The van der Waals surface area contributed by atoms with Crippen LogP contribution in [-0.4, -0.2) is 19.1 Å². The van der Waals surface area contributed by atoms with Crippen molar-refractivity contribution in [1.82, 2.24) is 5.32 Å². The summed E-state index contributed by atoms with van der Waals surface area (Å²) in [5.74, 6) is 0. The number of hydrogen-bond acceptors (Lipinski definition) is 2. The first-order chi connectivity index (χ1) is 7.85. The van der Waals surface area contributed by atoms with Crippen molar-refractivity contribution in [2.24, 2.45) is 0 Å². The van der Waals surface area contributed by atoms with Crippen molar-refractivity contribution < 1.29 is 0 Å². The Bertz CT molecular complexity index is 335. The first-order valence-electron chi connectivity index (χ1n) is 6.41. The average molecular weight is 218 g/mol. The van der Waals surface area contributed by atoms with Crippen LogP contribution < -0.4 is 10.2 Å². The fourth-order valence-electron chi connectivity index (χ4n) is 2.41. The van der Waals surface area contributed by atoms with Gasteiger partial charge >= 0.3 is 0 Å². The maximum absolute atomic E-state index is 3.63. The number of rotatable bonds is 3. The lowest BCUT2D eigenvalue weighted by Gasteiger charge is -2.26. The van der Waals surface area contributed by atoms with E-state index in [1.807, 2.05) is 0 Å². The van der Waals surface area contributed by atoms with Crippen molar-refractivity contribution >= 4 is 5.69 Å². The second kappa shape index (κ2) is 5.35. The molecule has 88 valence electrons. The molecule has 0 saturated carbocycles. The van der Waals surface area contributed by atoms with E-state index in [0.29, 0.717) is 6.04 Å². The van der Waals surface area contributed by atoms with E-state index in [1.165, 1.54) is 24.1 Å². The predicted molar refractivity (Wildman–Crippen MR) is 69.9 cm³/mol. The zero-order chi connectivity index (χ0) is 11.4. The lowest BCUT2D eigenvalue weighted by molar-refractivity contribution is 0.502. The Morgan fingerprint density at radius 1 is 1.31 bits per heavy atom. The Morgan fingerprint density at radius 3 is 2.88 bits per heavy atom. The molecule has 1 aliphatic rings. The van der Waals surface area contributed by atoms with Gasteiger partial charge in [0.2, 0.25) is 0 Å². The van der Waals surface area contributed by atoms with E-state index in [1.54, 1.807) is 0 Å². The Morgan fingerprint density at radius 2 is 2.12 bits per heavy atom. The summed E-state index contributed by atoms with van der Waals surface area (Å²) in [5, 5.41) is 3.63. The van der Waals surface area contributed by atoms with E-state index in [0.717, 1.165) is 19.6 Å². The minimum atomic E-state index is 0.624. The molecule has 2 rings (SSSR count). The zero-order valence-electron chi connectivity index (χ0n) is 10.4. The Balaban J connectivity index is 2.25. The van der Waals surface area contributed by atoms with Gasteiger partial charge in [-0.1, -0.05) is 32.0 Å². The van der Waals surface area contributed by atoms with Gasteiger partial charge in [0.15, 0.2) is 0 Å². The van der Waals surface area contributed by atoms with Gasteiger partial charge < -0.3 is 10.2 Å². The molecule has 1 atom stereocenters. The van der Waals surface area contributed by atoms with Gasteiger partial charge in [-0.3, -0.25) is 0 Å². The van der Waals surface area contributed by atoms with Crippen molar-refractivity contribution in [2.45, 2.75) is 39.3 Å². The number of anilines is 1. The summed E-state index contributed by atoms with van der Waals surface area (Å²) in [6.45, 7) is 7.82. The van der Waals surface area contributed by atoms with Crippen LogP contribution in [0.25, 0.3) is 0 Å². The van der Waals surface area contributed by atoms with Crippen molar-refractivity contribution in [3.8, 4) is 0 Å². The maximum atomic E-state index is 3.63. The third kappa shape index (κ3) is 2.38.